The zero-order valence-electron chi connectivity index (χ0n) is 15.7. The first-order valence-electron chi connectivity index (χ1n) is 10.2. The van der Waals surface area contributed by atoms with Crippen LogP contribution in [0.15, 0.2) is 24.4 Å². The molecule has 0 bridgehead atoms. The van der Waals surface area contributed by atoms with E-state index in [-0.39, 0.29) is 5.41 Å². The fourth-order valence-corrected chi connectivity index (χ4v) is 4.89. The summed E-state index contributed by atoms with van der Waals surface area (Å²) in [6.07, 6.45) is 8.32. The Labute approximate surface area is 156 Å². The van der Waals surface area contributed by atoms with Crippen LogP contribution in [0, 0.1) is 11.3 Å². The van der Waals surface area contributed by atoms with E-state index >= 15 is 0 Å². The van der Waals surface area contributed by atoms with Crippen molar-refractivity contribution in [3.05, 3.63) is 30.1 Å². The van der Waals surface area contributed by atoms with Gasteiger partial charge in [0.25, 0.3) is 0 Å². The van der Waals surface area contributed by atoms with E-state index in [1.807, 2.05) is 18.3 Å². The van der Waals surface area contributed by atoms with Gasteiger partial charge in [-0.15, -0.1) is 0 Å². The van der Waals surface area contributed by atoms with Gasteiger partial charge in [0.2, 0.25) is 5.91 Å². The smallest absolute Gasteiger partial charge is 0.228 e. The third kappa shape index (κ3) is 3.94. The first kappa shape index (κ1) is 17.9. The Kier molecular flexibility index (Phi) is 5.55. The Bertz CT molecular complexity index is 593. The van der Waals surface area contributed by atoms with Gasteiger partial charge in [0.05, 0.1) is 11.1 Å². The number of hydrogen-bond donors (Lipinski definition) is 0. The highest BCUT2D eigenvalue weighted by atomic mass is 16.5. The molecule has 5 heteroatoms. The van der Waals surface area contributed by atoms with Crippen molar-refractivity contribution in [2.24, 2.45) is 11.3 Å². The number of aromatic nitrogens is 1. The van der Waals surface area contributed by atoms with E-state index in [2.05, 4.69) is 20.9 Å². The lowest BCUT2D eigenvalue weighted by Gasteiger charge is -2.47. The monoisotopic (exact) mass is 357 g/mol. The molecule has 0 unspecified atom stereocenters. The van der Waals surface area contributed by atoms with Crippen LogP contribution < -0.4 is 0 Å². The van der Waals surface area contributed by atoms with Gasteiger partial charge >= 0.3 is 0 Å². The van der Waals surface area contributed by atoms with Gasteiger partial charge in [-0.3, -0.25) is 14.7 Å². The number of pyridine rings is 1. The van der Waals surface area contributed by atoms with E-state index < -0.39 is 0 Å². The molecule has 1 aromatic rings. The summed E-state index contributed by atoms with van der Waals surface area (Å²) >= 11 is 0. The molecule has 3 aliphatic heterocycles. The predicted molar refractivity (Wildman–Crippen MR) is 101 cm³/mol. The van der Waals surface area contributed by atoms with E-state index in [4.69, 9.17) is 4.74 Å². The number of carbonyl (C=O) groups is 1. The molecule has 4 rings (SSSR count). The van der Waals surface area contributed by atoms with Gasteiger partial charge in [0.1, 0.15) is 0 Å². The quantitative estimate of drug-likeness (QED) is 0.831. The summed E-state index contributed by atoms with van der Waals surface area (Å²) in [4.78, 5) is 22.4. The Balaban J connectivity index is 1.34. The highest BCUT2D eigenvalue weighted by molar-refractivity contribution is 5.83. The summed E-state index contributed by atoms with van der Waals surface area (Å²) < 4.78 is 5.47. The van der Waals surface area contributed by atoms with E-state index in [1.54, 1.807) is 0 Å². The van der Waals surface area contributed by atoms with Gasteiger partial charge in [0, 0.05) is 39.0 Å². The van der Waals surface area contributed by atoms with Crippen LogP contribution in [-0.2, 0) is 16.1 Å². The third-order valence-corrected chi connectivity index (χ3v) is 6.57. The van der Waals surface area contributed by atoms with Gasteiger partial charge in [-0.1, -0.05) is 6.07 Å². The number of nitrogens with zero attached hydrogens (tertiary/aromatic N) is 3. The number of piperidine rings is 2. The van der Waals surface area contributed by atoms with Crippen LogP contribution >= 0.6 is 0 Å². The van der Waals surface area contributed by atoms with Crippen molar-refractivity contribution in [3.8, 4) is 0 Å². The third-order valence-electron chi connectivity index (χ3n) is 6.57. The molecular weight excluding hydrogens is 326 g/mol. The van der Waals surface area contributed by atoms with E-state index in [9.17, 15) is 4.79 Å². The molecule has 3 aliphatic rings. The molecule has 3 saturated heterocycles. The van der Waals surface area contributed by atoms with Crippen LogP contribution in [0.3, 0.4) is 0 Å². The molecular formula is C21H31N3O2. The van der Waals surface area contributed by atoms with Crippen molar-refractivity contribution < 1.29 is 9.53 Å². The number of rotatable bonds is 4. The van der Waals surface area contributed by atoms with Gasteiger partial charge in [-0.05, 0) is 69.7 Å². The van der Waals surface area contributed by atoms with Crippen LogP contribution in [0.5, 0.6) is 0 Å². The molecule has 1 amide bonds. The number of amides is 1. The van der Waals surface area contributed by atoms with Crippen molar-refractivity contribution in [2.75, 3.05) is 39.4 Å². The molecule has 0 saturated carbocycles. The maximum atomic E-state index is 13.3. The van der Waals surface area contributed by atoms with Crippen LogP contribution in [0.25, 0.3) is 0 Å². The molecule has 0 aromatic carbocycles. The molecule has 0 aliphatic carbocycles. The average molecular weight is 357 g/mol. The highest BCUT2D eigenvalue weighted by Crippen LogP contribution is 2.41. The lowest BCUT2D eigenvalue weighted by atomic mass is 9.71. The van der Waals surface area contributed by atoms with Crippen molar-refractivity contribution in [1.82, 2.24) is 14.8 Å². The second-order valence-electron chi connectivity index (χ2n) is 8.29. The van der Waals surface area contributed by atoms with Crippen molar-refractivity contribution in [1.29, 1.82) is 0 Å². The summed E-state index contributed by atoms with van der Waals surface area (Å²) in [6, 6.07) is 6.10. The average Bonchev–Trinajstić information content (AvgIpc) is 2.69. The maximum absolute atomic E-state index is 13.3. The first-order valence-corrected chi connectivity index (χ1v) is 10.2. The standard InChI is InChI=1S/C21H31N3O2/c25-20-21(7-3-11-24(20)16-18-5-14-26-15-6-18)8-12-23(13-9-21)17-19-4-1-2-10-22-19/h1-2,4,10,18H,3,5-9,11-17H2. The van der Waals surface area contributed by atoms with E-state index in [0.717, 1.165) is 90.2 Å². The van der Waals surface area contributed by atoms with Crippen molar-refractivity contribution in [2.45, 2.75) is 45.1 Å². The van der Waals surface area contributed by atoms with Crippen LogP contribution in [0.1, 0.15) is 44.2 Å². The largest absolute Gasteiger partial charge is 0.381 e. The summed E-state index contributed by atoms with van der Waals surface area (Å²) in [5.41, 5.74) is 1.03. The molecule has 1 aromatic heterocycles. The van der Waals surface area contributed by atoms with Crippen molar-refractivity contribution in [3.63, 3.8) is 0 Å². The number of hydrogen-bond acceptors (Lipinski definition) is 4. The molecule has 1 spiro atoms. The van der Waals surface area contributed by atoms with Crippen LogP contribution in [0.2, 0.25) is 0 Å². The maximum Gasteiger partial charge on any atom is 0.228 e. The Hall–Kier alpha value is -1.46. The first-order chi connectivity index (χ1) is 12.8. The lowest BCUT2D eigenvalue weighted by molar-refractivity contribution is -0.151. The zero-order valence-corrected chi connectivity index (χ0v) is 15.7. The zero-order chi connectivity index (χ0) is 17.8. The minimum Gasteiger partial charge on any atom is -0.381 e. The summed E-state index contributed by atoms with van der Waals surface area (Å²) in [5.74, 6) is 1.07. The Morgan fingerprint density at radius 2 is 1.92 bits per heavy atom. The van der Waals surface area contributed by atoms with E-state index in [0.29, 0.717) is 11.8 Å². The SMILES string of the molecule is O=C1N(CC2CCOCC2)CCCC12CCN(Cc1ccccn1)CC2. The van der Waals surface area contributed by atoms with Crippen LogP contribution in [0.4, 0.5) is 0 Å². The van der Waals surface area contributed by atoms with Crippen molar-refractivity contribution >= 4 is 5.91 Å². The van der Waals surface area contributed by atoms with Gasteiger partial charge < -0.3 is 9.64 Å². The summed E-state index contributed by atoms with van der Waals surface area (Å²) in [6.45, 7) is 6.54. The molecule has 0 atom stereocenters. The molecule has 4 heterocycles. The summed E-state index contributed by atoms with van der Waals surface area (Å²) in [7, 11) is 0. The molecule has 3 fully saturated rings. The summed E-state index contributed by atoms with van der Waals surface area (Å²) in [5, 5.41) is 0. The second-order valence-corrected chi connectivity index (χ2v) is 8.29. The predicted octanol–water partition coefficient (Wildman–Crippen LogP) is 2.71. The number of ether oxygens (including phenoxy) is 1. The molecule has 0 N–H and O–H groups in total. The molecule has 5 nitrogen and oxygen atoms in total. The lowest BCUT2D eigenvalue weighted by Crippen LogP contribution is -2.54. The van der Waals surface area contributed by atoms with E-state index in [1.165, 1.54) is 0 Å². The topological polar surface area (TPSA) is 45.7 Å². The number of likely N-dealkylation sites (tertiary alicyclic amines) is 2. The minimum absolute atomic E-state index is 0.0932. The second kappa shape index (κ2) is 8.05. The molecule has 0 radical (unpaired) electrons. The Morgan fingerprint density at radius 3 is 2.65 bits per heavy atom. The minimum atomic E-state index is -0.0932. The fourth-order valence-electron chi connectivity index (χ4n) is 4.89. The number of carbonyl (C=O) groups excluding carboxylic acids is 1. The van der Waals surface area contributed by atoms with Crippen LogP contribution in [-0.4, -0.2) is 60.1 Å². The normalized spacial score (nSPS) is 24.9. The highest BCUT2D eigenvalue weighted by Gasteiger charge is 2.45. The van der Waals surface area contributed by atoms with Gasteiger partial charge in [0.15, 0.2) is 0 Å². The van der Waals surface area contributed by atoms with Gasteiger partial charge in [-0.25, -0.2) is 0 Å². The molecule has 26 heavy (non-hydrogen) atoms. The fraction of sp³-hybridized carbons (Fsp3) is 0.714. The molecule has 142 valence electrons. The van der Waals surface area contributed by atoms with Gasteiger partial charge in [-0.2, -0.15) is 0 Å². The Morgan fingerprint density at radius 1 is 1.12 bits per heavy atom.